The van der Waals surface area contributed by atoms with E-state index in [2.05, 4.69) is 54.8 Å². The standard InChI is InChI=1S/C59H105NO10/c1-3-5-7-9-11-13-14-15-16-17-18-21-24-27-31-35-39-43-47-55(64)68-48-44-40-36-32-28-25-22-19-20-23-26-30-34-38-42-46-54(63)60-51(52(62)45-41-37-33-29-12-10-8-6-4-2)50-69-59-58(67)57(66)56(65)53(49-61)70-59/h4,6,12,19,22,25,28-29,41,45,51-53,56-59,61-62,65-67H,3,5,7-11,13-18,20-21,23-24,26-27,30-40,42-44,46-50H2,1-2H3,(H,60,63)/b6-4+,22-19-,28-25-,29-12+,45-41+. The number of aliphatic hydroxyl groups is 5. The number of ether oxygens (including phenoxy) is 3. The van der Waals surface area contributed by atoms with Gasteiger partial charge in [0.1, 0.15) is 24.4 Å². The second-order valence-corrected chi connectivity index (χ2v) is 19.7. The number of carbonyl (C=O) groups excluding carboxylic acids is 2. The van der Waals surface area contributed by atoms with E-state index in [9.17, 15) is 35.1 Å². The molecular weight excluding hydrogens is 883 g/mol. The molecule has 1 heterocycles. The SMILES string of the molecule is C/C=C/CC/C=C/CC/C=C/C(O)C(COC1OC(CO)C(O)C(O)C1O)NC(=O)CCCCCCCC/C=C\C=C/CCCCCOC(=O)CCCCCCCCCCCCCCCCCCCC. The molecular formula is C59H105NO10. The predicted octanol–water partition coefficient (Wildman–Crippen LogP) is 12.7. The normalized spacial score (nSPS) is 19.7. The summed E-state index contributed by atoms with van der Waals surface area (Å²) in [7, 11) is 0. The van der Waals surface area contributed by atoms with Crippen molar-refractivity contribution >= 4 is 11.9 Å². The summed E-state index contributed by atoms with van der Waals surface area (Å²) in [6, 6.07) is -0.851. The maximum Gasteiger partial charge on any atom is 0.305 e. The minimum absolute atomic E-state index is 0.0392. The Labute approximate surface area is 427 Å². The first-order valence-corrected chi connectivity index (χ1v) is 28.5. The molecule has 7 unspecified atom stereocenters. The molecule has 0 bridgehead atoms. The number of nitrogens with one attached hydrogen (secondary N) is 1. The van der Waals surface area contributed by atoms with Crippen LogP contribution >= 0.6 is 0 Å². The summed E-state index contributed by atoms with van der Waals surface area (Å²) in [5, 5.41) is 54.1. The van der Waals surface area contributed by atoms with Crippen LogP contribution in [-0.2, 0) is 23.8 Å². The predicted molar refractivity (Wildman–Crippen MR) is 287 cm³/mol. The molecule has 11 heteroatoms. The Morgan fingerprint density at radius 2 is 1.03 bits per heavy atom. The zero-order valence-corrected chi connectivity index (χ0v) is 44.5. The average molecular weight is 988 g/mol. The van der Waals surface area contributed by atoms with Crippen molar-refractivity contribution in [3.63, 3.8) is 0 Å². The van der Waals surface area contributed by atoms with Crippen molar-refractivity contribution in [2.45, 2.75) is 281 Å². The van der Waals surface area contributed by atoms with E-state index in [1.807, 2.05) is 19.1 Å². The number of rotatable bonds is 48. The summed E-state index contributed by atoms with van der Waals surface area (Å²) >= 11 is 0. The monoisotopic (exact) mass is 988 g/mol. The Morgan fingerprint density at radius 3 is 1.56 bits per heavy atom. The largest absolute Gasteiger partial charge is 0.466 e. The van der Waals surface area contributed by atoms with E-state index in [4.69, 9.17) is 14.2 Å². The Hall–Kier alpha value is -2.64. The van der Waals surface area contributed by atoms with Gasteiger partial charge in [-0.1, -0.05) is 203 Å². The molecule has 0 aromatic rings. The molecule has 1 rings (SSSR count). The quantitative estimate of drug-likeness (QED) is 0.0149. The van der Waals surface area contributed by atoms with E-state index in [0.717, 1.165) is 96.3 Å². The van der Waals surface area contributed by atoms with Gasteiger partial charge in [-0.3, -0.25) is 9.59 Å². The van der Waals surface area contributed by atoms with Gasteiger partial charge in [0.15, 0.2) is 6.29 Å². The van der Waals surface area contributed by atoms with E-state index >= 15 is 0 Å². The van der Waals surface area contributed by atoms with Crippen LogP contribution in [0.1, 0.15) is 239 Å². The summed E-state index contributed by atoms with van der Waals surface area (Å²) in [5.74, 6) is -0.262. The third-order valence-electron chi connectivity index (χ3n) is 13.2. The lowest BCUT2D eigenvalue weighted by Gasteiger charge is -2.40. The topological polar surface area (TPSA) is 175 Å². The van der Waals surface area contributed by atoms with Crippen molar-refractivity contribution in [2.75, 3.05) is 19.8 Å². The highest BCUT2D eigenvalue weighted by Crippen LogP contribution is 2.23. The second kappa shape index (κ2) is 48.6. The Kier molecular flexibility index (Phi) is 45.4. The van der Waals surface area contributed by atoms with E-state index in [1.165, 1.54) is 103 Å². The van der Waals surface area contributed by atoms with Crippen LogP contribution in [0, 0.1) is 0 Å². The third kappa shape index (κ3) is 38.0. The van der Waals surface area contributed by atoms with Crippen LogP contribution in [0.5, 0.6) is 0 Å². The van der Waals surface area contributed by atoms with Gasteiger partial charge in [0.2, 0.25) is 5.91 Å². The molecule has 1 fully saturated rings. The second-order valence-electron chi connectivity index (χ2n) is 19.7. The minimum atomic E-state index is -1.59. The molecule has 6 N–H and O–H groups in total. The molecule has 1 amide bonds. The molecule has 0 spiro atoms. The summed E-state index contributed by atoms with van der Waals surface area (Å²) < 4.78 is 16.6. The number of hydrogen-bond donors (Lipinski definition) is 6. The molecule has 1 saturated heterocycles. The van der Waals surface area contributed by atoms with Crippen LogP contribution in [0.3, 0.4) is 0 Å². The van der Waals surface area contributed by atoms with E-state index in [1.54, 1.807) is 6.08 Å². The Balaban J connectivity index is 2.08. The molecule has 1 aliphatic rings. The van der Waals surface area contributed by atoms with Crippen LogP contribution in [0.4, 0.5) is 0 Å². The summed E-state index contributed by atoms with van der Waals surface area (Å²) in [5.41, 5.74) is 0. The minimum Gasteiger partial charge on any atom is -0.466 e. The van der Waals surface area contributed by atoms with Gasteiger partial charge in [0.05, 0.1) is 32.0 Å². The molecule has 7 atom stereocenters. The number of aliphatic hydroxyl groups excluding tert-OH is 5. The van der Waals surface area contributed by atoms with Gasteiger partial charge in [-0.2, -0.15) is 0 Å². The van der Waals surface area contributed by atoms with Crippen molar-refractivity contribution in [3.05, 3.63) is 60.8 Å². The van der Waals surface area contributed by atoms with Crippen molar-refractivity contribution in [2.24, 2.45) is 0 Å². The van der Waals surface area contributed by atoms with Crippen molar-refractivity contribution in [1.29, 1.82) is 0 Å². The molecule has 0 aliphatic carbocycles. The van der Waals surface area contributed by atoms with Crippen molar-refractivity contribution in [3.8, 4) is 0 Å². The third-order valence-corrected chi connectivity index (χ3v) is 13.2. The fraction of sp³-hybridized carbons (Fsp3) is 0.797. The van der Waals surface area contributed by atoms with Gasteiger partial charge in [-0.25, -0.2) is 0 Å². The maximum atomic E-state index is 13.0. The van der Waals surface area contributed by atoms with Gasteiger partial charge in [-0.05, 0) is 84.0 Å². The van der Waals surface area contributed by atoms with Crippen LogP contribution < -0.4 is 5.32 Å². The molecule has 11 nitrogen and oxygen atoms in total. The first-order valence-electron chi connectivity index (χ1n) is 28.5. The molecule has 0 aromatic carbocycles. The lowest BCUT2D eigenvalue weighted by atomic mass is 9.99. The number of hydrogen-bond acceptors (Lipinski definition) is 10. The molecule has 0 aromatic heterocycles. The van der Waals surface area contributed by atoms with Gasteiger partial charge < -0.3 is 45.1 Å². The smallest absolute Gasteiger partial charge is 0.305 e. The number of carbonyl (C=O) groups is 2. The van der Waals surface area contributed by atoms with E-state index < -0.39 is 49.5 Å². The van der Waals surface area contributed by atoms with Gasteiger partial charge in [0.25, 0.3) is 0 Å². The molecule has 70 heavy (non-hydrogen) atoms. The fourth-order valence-electron chi connectivity index (χ4n) is 8.64. The highest BCUT2D eigenvalue weighted by Gasteiger charge is 2.44. The summed E-state index contributed by atoms with van der Waals surface area (Å²) in [4.78, 5) is 25.1. The van der Waals surface area contributed by atoms with Crippen molar-refractivity contribution in [1.82, 2.24) is 5.32 Å². The lowest BCUT2D eigenvalue weighted by molar-refractivity contribution is -0.302. The Bertz CT molecular complexity index is 1350. The highest BCUT2D eigenvalue weighted by molar-refractivity contribution is 5.76. The Morgan fingerprint density at radius 1 is 0.557 bits per heavy atom. The molecule has 406 valence electrons. The molecule has 0 saturated carbocycles. The number of unbranched alkanes of at least 4 members (excludes halogenated alkanes) is 28. The van der Waals surface area contributed by atoms with Crippen LogP contribution in [-0.4, -0.2) is 100 Å². The maximum absolute atomic E-state index is 13.0. The van der Waals surface area contributed by atoms with Gasteiger partial charge in [-0.15, -0.1) is 0 Å². The molecule has 1 aliphatic heterocycles. The van der Waals surface area contributed by atoms with Gasteiger partial charge >= 0.3 is 5.97 Å². The van der Waals surface area contributed by atoms with Crippen LogP contribution in [0.2, 0.25) is 0 Å². The zero-order valence-electron chi connectivity index (χ0n) is 44.5. The fourth-order valence-corrected chi connectivity index (χ4v) is 8.64. The average Bonchev–Trinajstić information content (AvgIpc) is 3.36. The molecule has 0 radical (unpaired) electrons. The lowest BCUT2D eigenvalue weighted by Crippen LogP contribution is -2.60. The highest BCUT2D eigenvalue weighted by atomic mass is 16.7. The first-order chi connectivity index (χ1) is 34.2. The summed E-state index contributed by atoms with van der Waals surface area (Å²) in [6.45, 7) is 4.01. The van der Waals surface area contributed by atoms with Crippen molar-refractivity contribution < 1.29 is 49.3 Å². The number of amides is 1. The van der Waals surface area contributed by atoms with Gasteiger partial charge in [0, 0.05) is 12.8 Å². The summed E-state index contributed by atoms with van der Waals surface area (Å²) in [6.07, 6.45) is 52.1. The van der Waals surface area contributed by atoms with Crippen LogP contribution in [0.25, 0.3) is 0 Å². The zero-order chi connectivity index (χ0) is 51.0. The number of esters is 1. The van der Waals surface area contributed by atoms with Crippen LogP contribution in [0.15, 0.2) is 60.8 Å². The van der Waals surface area contributed by atoms with E-state index in [0.29, 0.717) is 32.3 Å². The van der Waals surface area contributed by atoms with E-state index in [-0.39, 0.29) is 18.5 Å². The number of allylic oxidation sites excluding steroid dienone is 9. The first kappa shape index (κ1) is 65.4.